The Hall–Kier alpha value is -1.79. The zero-order valence-corrected chi connectivity index (χ0v) is 12.6. The van der Waals surface area contributed by atoms with E-state index in [1.54, 1.807) is 6.92 Å². The summed E-state index contributed by atoms with van der Waals surface area (Å²) in [5.41, 5.74) is 8.98. The second-order valence-electron chi connectivity index (χ2n) is 4.96. The number of anilines is 1. The normalized spacial score (nSPS) is 12.2. The molecule has 1 amide bonds. The van der Waals surface area contributed by atoms with Gasteiger partial charge in [-0.3, -0.25) is 4.79 Å². The van der Waals surface area contributed by atoms with Crippen molar-refractivity contribution in [2.24, 2.45) is 5.73 Å². The summed E-state index contributed by atoms with van der Waals surface area (Å²) in [6, 6.07) is 6.00. The average molecular weight is 290 g/mol. The molecule has 0 fully saturated rings. The van der Waals surface area contributed by atoms with E-state index in [1.165, 1.54) is 16.9 Å². The van der Waals surface area contributed by atoms with Gasteiger partial charge in [0, 0.05) is 18.0 Å². The Morgan fingerprint density at radius 1 is 1.40 bits per heavy atom. The van der Waals surface area contributed by atoms with Crippen LogP contribution in [0.2, 0.25) is 0 Å². The Morgan fingerprint density at radius 2 is 2.15 bits per heavy atom. The molecule has 1 heterocycles. The number of amides is 1. The molecule has 1 unspecified atom stereocenters. The molecule has 0 aliphatic rings. The Bertz CT molecular complexity index is 621. The summed E-state index contributed by atoms with van der Waals surface area (Å²) < 4.78 is 0. The van der Waals surface area contributed by atoms with Gasteiger partial charge in [-0.05, 0) is 26.3 Å². The lowest BCUT2D eigenvalue weighted by atomic mass is 10.1. The topological polar surface area (TPSA) is 80.9 Å². The minimum Gasteiger partial charge on any atom is -0.327 e. The number of benzene rings is 1. The number of carbonyl (C=O) groups excluding carboxylic acids is 1. The van der Waals surface area contributed by atoms with Gasteiger partial charge in [0.15, 0.2) is 0 Å². The minimum absolute atomic E-state index is 0.136. The molecule has 0 radical (unpaired) electrons. The van der Waals surface area contributed by atoms with Crippen molar-refractivity contribution in [2.75, 3.05) is 5.32 Å². The molecular weight excluding hydrogens is 272 g/mol. The van der Waals surface area contributed by atoms with Gasteiger partial charge in [-0.2, -0.15) is 0 Å². The van der Waals surface area contributed by atoms with E-state index in [1.807, 2.05) is 19.1 Å². The van der Waals surface area contributed by atoms with Gasteiger partial charge < -0.3 is 11.1 Å². The van der Waals surface area contributed by atoms with Gasteiger partial charge in [0.2, 0.25) is 11.0 Å². The van der Waals surface area contributed by atoms with Crippen molar-refractivity contribution in [3.8, 4) is 10.6 Å². The van der Waals surface area contributed by atoms with E-state index in [4.69, 9.17) is 5.73 Å². The molecular formula is C14H18N4OS. The van der Waals surface area contributed by atoms with E-state index in [0.717, 1.165) is 16.1 Å². The van der Waals surface area contributed by atoms with Gasteiger partial charge in [-0.25, -0.2) is 0 Å². The molecule has 0 aliphatic carbocycles. The number of aryl methyl sites for hydroxylation is 2. The van der Waals surface area contributed by atoms with Crippen molar-refractivity contribution in [2.45, 2.75) is 33.2 Å². The number of hydrogen-bond donors (Lipinski definition) is 2. The van der Waals surface area contributed by atoms with Crippen LogP contribution in [0.15, 0.2) is 18.2 Å². The zero-order valence-electron chi connectivity index (χ0n) is 11.8. The summed E-state index contributed by atoms with van der Waals surface area (Å²) in [5, 5.41) is 12.2. The summed E-state index contributed by atoms with van der Waals surface area (Å²) in [4.78, 5) is 11.6. The first-order valence-corrected chi connectivity index (χ1v) is 7.24. The molecule has 2 aromatic rings. The third-order valence-electron chi connectivity index (χ3n) is 2.79. The maximum atomic E-state index is 11.6. The Labute approximate surface area is 122 Å². The smallest absolute Gasteiger partial charge is 0.227 e. The first-order chi connectivity index (χ1) is 9.45. The number of nitrogens with two attached hydrogens (primary N) is 1. The maximum Gasteiger partial charge on any atom is 0.227 e. The molecule has 0 bridgehead atoms. The molecule has 1 atom stereocenters. The standard InChI is InChI=1S/C14H18N4OS/c1-8-4-5-11(9(2)6-8)13-17-18-14(20-13)16-12(19)7-10(3)15/h4-6,10H,7,15H2,1-3H3,(H,16,18,19). The predicted molar refractivity (Wildman–Crippen MR) is 81.7 cm³/mol. The Morgan fingerprint density at radius 3 is 2.80 bits per heavy atom. The summed E-state index contributed by atoms with van der Waals surface area (Å²) in [6.07, 6.45) is 0.276. The molecule has 0 aliphatic heterocycles. The highest BCUT2D eigenvalue weighted by Gasteiger charge is 2.12. The van der Waals surface area contributed by atoms with E-state index >= 15 is 0 Å². The second kappa shape index (κ2) is 6.11. The second-order valence-corrected chi connectivity index (χ2v) is 5.94. The maximum absolute atomic E-state index is 11.6. The monoisotopic (exact) mass is 290 g/mol. The molecule has 106 valence electrons. The molecule has 0 saturated heterocycles. The first kappa shape index (κ1) is 14.6. The lowest BCUT2D eigenvalue weighted by Crippen LogP contribution is -2.23. The van der Waals surface area contributed by atoms with Crippen molar-refractivity contribution < 1.29 is 4.79 Å². The van der Waals surface area contributed by atoms with Crippen LogP contribution in [-0.4, -0.2) is 22.1 Å². The fraction of sp³-hybridized carbons (Fsp3) is 0.357. The highest BCUT2D eigenvalue weighted by Crippen LogP contribution is 2.29. The number of rotatable bonds is 4. The zero-order chi connectivity index (χ0) is 14.7. The molecule has 1 aromatic carbocycles. The minimum atomic E-state index is -0.165. The van der Waals surface area contributed by atoms with Gasteiger partial charge in [-0.15, -0.1) is 10.2 Å². The van der Waals surface area contributed by atoms with Crippen LogP contribution < -0.4 is 11.1 Å². The average Bonchev–Trinajstić information content (AvgIpc) is 2.75. The third-order valence-corrected chi connectivity index (χ3v) is 3.66. The van der Waals surface area contributed by atoms with E-state index in [2.05, 4.69) is 28.5 Å². The number of aromatic nitrogens is 2. The molecule has 20 heavy (non-hydrogen) atoms. The van der Waals surface area contributed by atoms with Crippen molar-refractivity contribution in [3.05, 3.63) is 29.3 Å². The van der Waals surface area contributed by atoms with Crippen LogP contribution in [0.3, 0.4) is 0 Å². The van der Waals surface area contributed by atoms with Gasteiger partial charge in [0.1, 0.15) is 5.01 Å². The van der Waals surface area contributed by atoms with E-state index in [0.29, 0.717) is 5.13 Å². The summed E-state index contributed by atoms with van der Waals surface area (Å²) in [5.74, 6) is -0.136. The number of nitrogens with one attached hydrogen (secondary N) is 1. The van der Waals surface area contributed by atoms with Crippen LogP contribution in [0, 0.1) is 13.8 Å². The van der Waals surface area contributed by atoms with Gasteiger partial charge in [0.05, 0.1) is 0 Å². The highest BCUT2D eigenvalue weighted by atomic mass is 32.1. The van der Waals surface area contributed by atoms with Crippen molar-refractivity contribution in [3.63, 3.8) is 0 Å². The molecule has 0 spiro atoms. The van der Waals surface area contributed by atoms with Crippen molar-refractivity contribution >= 4 is 22.4 Å². The van der Waals surface area contributed by atoms with Gasteiger partial charge in [0.25, 0.3) is 0 Å². The van der Waals surface area contributed by atoms with Crippen LogP contribution in [0.5, 0.6) is 0 Å². The molecule has 1 aromatic heterocycles. The van der Waals surface area contributed by atoms with Crippen molar-refractivity contribution in [1.29, 1.82) is 0 Å². The van der Waals surface area contributed by atoms with Crippen LogP contribution in [0.1, 0.15) is 24.5 Å². The van der Waals surface area contributed by atoms with Crippen LogP contribution >= 0.6 is 11.3 Å². The number of hydrogen-bond acceptors (Lipinski definition) is 5. The summed E-state index contributed by atoms with van der Waals surface area (Å²) >= 11 is 1.37. The highest BCUT2D eigenvalue weighted by molar-refractivity contribution is 7.18. The lowest BCUT2D eigenvalue weighted by Gasteiger charge is -2.03. The van der Waals surface area contributed by atoms with E-state index < -0.39 is 0 Å². The van der Waals surface area contributed by atoms with Gasteiger partial charge in [-0.1, -0.05) is 35.1 Å². The van der Waals surface area contributed by atoms with Gasteiger partial charge >= 0.3 is 0 Å². The first-order valence-electron chi connectivity index (χ1n) is 6.42. The van der Waals surface area contributed by atoms with E-state index in [9.17, 15) is 4.79 Å². The number of carbonyl (C=O) groups is 1. The van der Waals surface area contributed by atoms with Crippen LogP contribution in [-0.2, 0) is 4.79 Å². The molecule has 3 N–H and O–H groups in total. The lowest BCUT2D eigenvalue weighted by molar-refractivity contribution is -0.116. The largest absolute Gasteiger partial charge is 0.327 e. The number of nitrogens with zero attached hydrogens (tertiary/aromatic N) is 2. The van der Waals surface area contributed by atoms with E-state index in [-0.39, 0.29) is 18.4 Å². The van der Waals surface area contributed by atoms with Crippen LogP contribution in [0.4, 0.5) is 5.13 Å². The predicted octanol–water partition coefficient (Wildman–Crippen LogP) is 2.50. The molecule has 5 nitrogen and oxygen atoms in total. The summed E-state index contributed by atoms with van der Waals surface area (Å²) in [7, 11) is 0. The Kier molecular flexibility index (Phi) is 4.46. The Balaban J connectivity index is 2.14. The fourth-order valence-corrected chi connectivity index (χ4v) is 2.75. The quantitative estimate of drug-likeness (QED) is 0.906. The summed E-state index contributed by atoms with van der Waals surface area (Å²) in [6.45, 7) is 5.88. The molecule has 0 saturated carbocycles. The van der Waals surface area contributed by atoms with Crippen molar-refractivity contribution in [1.82, 2.24) is 10.2 Å². The molecule has 2 rings (SSSR count). The third kappa shape index (κ3) is 3.61. The SMILES string of the molecule is Cc1ccc(-c2nnc(NC(=O)CC(C)N)s2)c(C)c1. The molecule has 6 heteroatoms. The van der Waals surface area contributed by atoms with Crippen LogP contribution in [0.25, 0.3) is 10.6 Å². The fourth-order valence-electron chi connectivity index (χ4n) is 1.90.